The van der Waals surface area contributed by atoms with Gasteiger partial charge in [-0.2, -0.15) is 5.10 Å². The van der Waals surface area contributed by atoms with Crippen LogP contribution >= 0.6 is 11.3 Å². The van der Waals surface area contributed by atoms with Crippen LogP contribution in [0.5, 0.6) is 0 Å². The SMILES string of the molecule is CC1=NCc2sc3ccc(C(C)(C)C)cc3c(=O)c2C=C1C(C)n1ccc(C)n1. The van der Waals surface area contributed by atoms with Crippen LogP contribution < -0.4 is 5.43 Å². The van der Waals surface area contributed by atoms with Gasteiger partial charge in [-0.15, -0.1) is 11.3 Å². The van der Waals surface area contributed by atoms with Gasteiger partial charge >= 0.3 is 0 Å². The quantitative estimate of drug-likeness (QED) is 0.550. The maximum Gasteiger partial charge on any atom is 0.195 e. The standard InChI is InChI=1S/C24H27N3OS/c1-14-9-10-27(26-14)16(3)18-12-20-22(13-25-15(18)2)29-21-8-7-17(24(4,5)6)11-19(21)23(20)28/h7-12,16H,13H2,1-6H3. The van der Waals surface area contributed by atoms with E-state index in [-0.39, 0.29) is 16.9 Å². The fourth-order valence-corrected chi connectivity index (χ4v) is 4.80. The van der Waals surface area contributed by atoms with E-state index in [9.17, 15) is 4.79 Å². The van der Waals surface area contributed by atoms with Crippen molar-refractivity contribution in [3.63, 3.8) is 0 Å². The molecule has 150 valence electrons. The third-order valence-electron chi connectivity index (χ3n) is 5.63. The molecule has 1 aliphatic rings. The van der Waals surface area contributed by atoms with E-state index in [1.54, 1.807) is 11.3 Å². The van der Waals surface area contributed by atoms with Gasteiger partial charge in [0.05, 0.1) is 18.3 Å². The minimum Gasteiger partial charge on any atom is -0.289 e. The Morgan fingerprint density at radius 1 is 1.17 bits per heavy atom. The second kappa shape index (κ2) is 7.06. The molecule has 0 N–H and O–H groups in total. The Hall–Kier alpha value is -2.53. The fraction of sp³-hybridized carbons (Fsp3) is 0.375. The summed E-state index contributed by atoms with van der Waals surface area (Å²) in [6, 6.07) is 8.31. The summed E-state index contributed by atoms with van der Waals surface area (Å²) in [6.45, 7) is 13.2. The Labute approximate surface area is 175 Å². The highest BCUT2D eigenvalue weighted by atomic mass is 32.1. The van der Waals surface area contributed by atoms with Gasteiger partial charge in [0.1, 0.15) is 0 Å². The van der Waals surface area contributed by atoms with Crippen molar-refractivity contribution in [3.05, 3.63) is 68.0 Å². The highest BCUT2D eigenvalue weighted by molar-refractivity contribution is 7.18. The molecule has 0 radical (unpaired) electrons. The second-order valence-corrected chi connectivity index (χ2v) is 9.98. The number of hydrogen-bond donors (Lipinski definition) is 0. The van der Waals surface area contributed by atoms with Crippen LogP contribution in [0.2, 0.25) is 0 Å². The predicted molar refractivity (Wildman–Crippen MR) is 123 cm³/mol. The molecular weight excluding hydrogens is 378 g/mol. The first kappa shape index (κ1) is 19.8. The highest BCUT2D eigenvalue weighted by Gasteiger charge is 2.22. The van der Waals surface area contributed by atoms with Crippen molar-refractivity contribution in [2.45, 2.75) is 59.5 Å². The molecule has 0 aliphatic carbocycles. The fourth-order valence-electron chi connectivity index (χ4n) is 3.74. The number of aromatic nitrogens is 2. The second-order valence-electron chi connectivity index (χ2n) is 8.84. The number of fused-ring (bicyclic) bond motifs is 2. The summed E-state index contributed by atoms with van der Waals surface area (Å²) in [5.74, 6) is 0. The molecule has 1 aliphatic heterocycles. The number of hydrogen-bond acceptors (Lipinski definition) is 4. The predicted octanol–water partition coefficient (Wildman–Crippen LogP) is 5.68. The van der Waals surface area contributed by atoms with Crippen LogP contribution in [0, 0.1) is 6.92 Å². The minimum atomic E-state index is 0.00521. The van der Waals surface area contributed by atoms with Gasteiger partial charge in [0.15, 0.2) is 5.43 Å². The van der Waals surface area contributed by atoms with Crippen molar-refractivity contribution in [2.24, 2.45) is 4.99 Å². The van der Waals surface area contributed by atoms with E-state index < -0.39 is 0 Å². The summed E-state index contributed by atoms with van der Waals surface area (Å²) in [7, 11) is 0. The molecule has 1 unspecified atom stereocenters. The van der Waals surface area contributed by atoms with Gasteiger partial charge in [-0.3, -0.25) is 14.5 Å². The van der Waals surface area contributed by atoms with Gasteiger partial charge in [0, 0.05) is 32.4 Å². The number of benzene rings is 1. The molecular formula is C24H27N3OS. The molecule has 0 fully saturated rings. The molecule has 1 atom stereocenters. The molecule has 4 nitrogen and oxygen atoms in total. The zero-order chi connectivity index (χ0) is 20.9. The molecule has 1 aromatic carbocycles. The zero-order valence-corrected chi connectivity index (χ0v) is 18.7. The van der Waals surface area contributed by atoms with Gasteiger partial charge in [-0.05, 0) is 61.6 Å². The van der Waals surface area contributed by atoms with Crippen LogP contribution in [0.3, 0.4) is 0 Å². The smallest absolute Gasteiger partial charge is 0.195 e. The molecule has 0 amide bonds. The van der Waals surface area contributed by atoms with E-state index in [1.165, 1.54) is 5.56 Å². The van der Waals surface area contributed by atoms with E-state index in [0.717, 1.165) is 37.5 Å². The maximum atomic E-state index is 13.5. The van der Waals surface area contributed by atoms with Crippen LogP contribution in [0.1, 0.15) is 62.4 Å². The summed E-state index contributed by atoms with van der Waals surface area (Å²) >= 11 is 1.68. The molecule has 3 aromatic rings. The van der Waals surface area contributed by atoms with E-state index >= 15 is 0 Å². The van der Waals surface area contributed by atoms with Gasteiger partial charge in [-0.25, -0.2) is 0 Å². The Morgan fingerprint density at radius 2 is 1.93 bits per heavy atom. The number of nitrogens with zero attached hydrogens (tertiary/aromatic N) is 3. The maximum absolute atomic E-state index is 13.5. The largest absolute Gasteiger partial charge is 0.289 e. The Morgan fingerprint density at radius 3 is 2.59 bits per heavy atom. The first-order valence-corrected chi connectivity index (χ1v) is 10.8. The molecule has 4 rings (SSSR count). The lowest BCUT2D eigenvalue weighted by Gasteiger charge is -2.19. The first-order chi connectivity index (χ1) is 13.6. The lowest BCUT2D eigenvalue weighted by atomic mass is 9.86. The summed E-state index contributed by atoms with van der Waals surface area (Å²) < 4.78 is 2.97. The Balaban J connectivity index is 1.91. The van der Waals surface area contributed by atoms with E-state index in [1.807, 2.05) is 36.9 Å². The third-order valence-corrected chi connectivity index (χ3v) is 6.81. The van der Waals surface area contributed by atoms with E-state index in [0.29, 0.717) is 6.54 Å². The molecule has 0 bridgehead atoms. The summed E-state index contributed by atoms with van der Waals surface area (Å²) in [6.07, 6.45) is 4.03. The number of rotatable bonds is 2. The molecule has 5 heteroatoms. The normalized spacial score (nSPS) is 15.5. The third kappa shape index (κ3) is 3.60. The topological polar surface area (TPSA) is 47.2 Å². The molecule has 29 heavy (non-hydrogen) atoms. The number of allylic oxidation sites excluding steroid dienone is 1. The molecule has 0 saturated carbocycles. The van der Waals surface area contributed by atoms with Crippen molar-refractivity contribution in [1.29, 1.82) is 0 Å². The average Bonchev–Trinajstić information content (AvgIpc) is 3.03. The van der Waals surface area contributed by atoms with Gasteiger partial charge in [0.25, 0.3) is 0 Å². The summed E-state index contributed by atoms with van der Waals surface area (Å²) in [5.41, 5.74) is 5.06. The Bertz CT molecular complexity index is 1220. The zero-order valence-electron chi connectivity index (χ0n) is 17.9. The van der Waals surface area contributed by atoms with Crippen LogP contribution in [0.25, 0.3) is 16.2 Å². The van der Waals surface area contributed by atoms with Gasteiger partial charge in [-0.1, -0.05) is 26.8 Å². The van der Waals surface area contributed by atoms with Crippen LogP contribution in [-0.4, -0.2) is 15.5 Å². The molecule has 0 saturated heterocycles. The molecule has 2 aromatic heterocycles. The number of aliphatic imine (C=N–C) groups is 1. The summed E-state index contributed by atoms with van der Waals surface area (Å²) in [4.78, 5) is 19.3. The van der Waals surface area contributed by atoms with Crippen molar-refractivity contribution in [1.82, 2.24) is 9.78 Å². The van der Waals surface area contributed by atoms with Crippen LogP contribution in [0.4, 0.5) is 0 Å². The van der Waals surface area contributed by atoms with E-state index in [4.69, 9.17) is 4.99 Å². The van der Waals surface area contributed by atoms with Crippen LogP contribution in [-0.2, 0) is 12.0 Å². The average molecular weight is 406 g/mol. The minimum absolute atomic E-state index is 0.00521. The van der Waals surface area contributed by atoms with Crippen molar-refractivity contribution >= 4 is 33.2 Å². The van der Waals surface area contributed by atoms with Gasteiger partial charge in [0.2, 0.25) is 0 Å². The monoisotopic (exact) mass is 405 g/mol. The Kier molecular flexibility index (Phi) is 4.82. The number of aryl methyl sites for hydroxylation is 1. The van der Waals surface area contributed by atoms with Crippen molar-refractivity contribution in [2.75, 3.05) is 0 Å². The first-order valence-electron chi connectivity index (χ1n) is 10.00. The van der Waals surface area contributed by atoms with Crippen molar-refractivity contribution < 1.29 is 0 Å². The summed E-state index contributed by atoms with van der Waals surface area (Å²) in [5, 5.41) is 5.37. The lowest BCUT2D eigenvalue weighted by molar-refractivity contribution is 0.566. The highest BCUT2D eigenvalue weighted by Crippen LogP contribution is 2.32. The van der Waals surface area contributed by atoms with E-state index in [2.05, 4.69) is 51.0 Å². The molecule has 0 spiro atoms. The lowest BCUT2D eigenvalue weighted by Crippen LogP contribution is -2.15. The van der Waals surface area contributed by atoms with Gasteiger partial charge < -0.3 is 0 Å². The van der Waals surface area contributed by atoms with Crippen molar-refractivity contribution in [3.8, 4) is 0 Å². The van der Waals surface area contributed by atoms with Crippen LogP contribution in [0.15, 0.2) is 45.8 Å². The molecule has 3 heterocycles.